The Hall–Kier alpha value is -1.42. The minimum Gasteiger partial charge on any atom is -0.326 e. The molecule has 3 nitrogen and oxygen atoms in total. The summed E-state index contributed by atoms with van der Waals surface area (Å²) >= 11 is 0. The Morgan fingerprint density at radius 3 is 2.89 bits per heavy atom. The average molecular weight is 250 g/mol. The molecular weight excluding hydrogens is 231 g/mol. The van der Waals surface area contributed by atoms with Crippen LogP contribution in [-0.2, 0) is 4.79 Å². The molecule has 1 heterocycles. The molecule has 2 rings (SSSR count). The smallest absolute Gasteiger partial charge is 0.227 e. The van der Waals surface area contributed by atoms with E-state index in [1.165, 1.54) is 12.1 Å². The lowest BCUT2D eigenvalue weighted by molar-refractivity contribution is -0.120. The minimum atomic E-state index is -0.316. The van der Waals surface area contributed by atoms with E-state index in [0.29, 0.717) is 11.7 Å². The van der Waals surface area contributed by atoms with Crippen LogP contribution in [0.1, 0.15) is 25.3 Å². The molecule has 0 unspecified atom stereocenters. The number of rotatable bonds is 2. The first-order valence-corrected chi connectivity index (χ1v) is 6.36. The maximum absolute atomic E-state index is 13.2. The molecule has 2 N–H and O–H groups in total. The molecule has 0 saturated carbocycles. The van der Waals surface area contributed by atoms with Gasteiger partial charge in [-0.2, -0.15) is 0 Å². The van der Waals surface area contributed by atoms with Crippen molar-refractivity contribution in [1.29, 1.82) is 0 Å². The van der Waals surface area contributed by atoms with Gasteiger partial charge in [0.05, 0.1) is 0 Å². The summed E-state index contributed by atoms with van der Waals surface area (Å²) in [6, 6.07) is 4.95. The monoisotopic (exact) mass is 250 g/mol. The van der Waals surface area contributed by atoms with Crippen molar-refractivity contribution in [3.05, 3.63) is 29.6 Å². The molecule has 1 fully saturated rings. The van der Waals surface area contributed by atoms with Gasteiger partial charge in [-0.05, 0) is 57.0 Å². The topological polar surface area (TPSA) is 41.1 Å². The maximum Gasteiger partial charge on any atom is 0.227 e. The second kappa shape index (κ2) is 5.48. The molecule has 0 bridgehead atoms. The lowest BCUT2D eigenvalue weighted by Gasteiger charge is -2.27. The summed E-state index contributed by atoms with van der Waals surface area (Å²) in [4.78, 5) is 12.1. The third-order valence-corrected chi connectivity index (χ3v) is 3.30. The maximum atomic E-state index is 13.2. The Balaban J connectivity index is 2.02. The van der Waals surface area contributed by atoms with Crippen molar-refractivity contribution in [1.82, 2.24) is 5.32 Å². The molecule has 1 aliphatic heterocycles. The molecule has 2 atom stereocenters. The molecule has 0 aliphatic carbocycles. The first-order chi connectivity index (χ1) is 8.54. The molecular formula is C14H19FN2O. The van der Waals surface area contributed by atoms with E-state index in [0.717, 1.165) is 24.9 Å². The number of piperidine rings is 1. The SMILES string of the molecule is Cc1cc(F)cc(NC(=O)[C@H]2CCN[C@@H](C)C2)c1. The van der Waals surface area contributed by atoms with Crippen molar-refractivity contribution in [2.75, 3.05) is 11.9 Å². The van der Waals surface area contributed by atoms with Gasteiger partial charge >= 0.3 is 0 Å². The molecule has 1 aliphatic rings. The number of aryl methyl sites for hydroxylation is 1. The van der Waals surface area contributed by atoms with Crippen LogP contribution < -0.4 is 10.6 Å². The van der Waals surface area contributed by atoms with Crippen molar-refractivity contribution >= 4 is 11.6 Å². The Labute approximate surface area is 107 Å². The van der Waals surface area contributed by atoms with Gasteiger partial charge in [0, 0.05) is 17.6 Å². The summed E-state index contributed by atoms with van der Waals surface area (Å²) < 4.78 is 13.2. The number of benzene rings is 1. The van der Waals surface area contributed by atoms with Crippen LogP contribution >= 0.6 is 0 Å². The predicted molar refractivity (Wildman–Crippen MR) is 70.0 cm³/mol. The molecule has 1 amide bonds. The van der Waals surface area contributed by atoms with E-state index in [1.54, 1.807) is 6.07 Å². The minimum absolute atomic E-state index is 0.00616. The Kier molecular flexibility index (Phi) is 3.97. The van der Waals surface area contributed by atoms with Gasteiger partial charge in [-0.15, -0.1) is 0 Å². The van der Waals surface area contributed by atoms with Gasteiger partial charge in [0.1, 0.15) is 5.82 Å². The van der Waals surface area contributed by atoms with Crippen LogP contribution in [0.15, 0.2) is 18.2 Å². The standard InChI is InChI=1S/C14H19FN2O/c1-9-5-12(15)8-13(6-9)17-14(18)11-3-4-16-10(2)7-11/h5-6,8,10-11,16H,3-4,7H2,1-2H3,(H,17,18)/t10-,11-/m0/s1. The van der Waals surface area contributed by atoms with Gasteiger partial charge in [0.15, 0.2) is 0 Å². The van der Waals surface area contributed by atoms with Crippen LogP contribution in [0.3, 0.4) is 0 Å². The zero-order valence-electron chi connectivity index (χ0n) is 10.8. The van der Waals surface area contributed by atoms with E-state index in [1.807, 2.05) is 6.92 Å². The molecule has 1 saturated heterocycles. The quantitative estimate of drug-likeness (QED) is 0.846. The van der Waals surface area contributed by atoms with Gasteiger partial charge in [0.2, 0.25) is 5.91 Å². The summed E-state index contributed by atoms with van der Waals surface area (Å²) in [5.41, 5.74) is 1.35. The van der Waals surface area contributed by atoms with Crippen LogP contribution in [0, 0.1) is 18.7 Å². The third-order valence-electron chi connectivity index (χ3n) is 3.30. The fourth-order valence-electron chi connectivity index (χ4n) is 2.42. The largest absolute Gasteiger partial charge is 0.326 e. The van der Waals surface area contributed by atoms with Crippen LogP contribution in [-0.4, -0.2) is 18.5 Å². The average Bonchev–Trinajstić information content (AvgIpc) is 2.27. The summed E-state index contributed by atoms with van der Waals surface area (Å²) in [5.74, 6) is -0.304. The lowest BCUT2D eigenvalue weighted by atomic mass is 9.92. The number of hydrogen-bond acceptors (Lipinski definition) is 2. The normalized spacial score (nSPS) is 23.7. The molecule has 1 aromatic carbocycles. The van der Waals surface area contributed by atoms with Crippen molar-refractivity contribution in [2.45, 2.75) is 32.7 Å². The second-order valence-corrected chi connectivity index (χ2v) is 5.08. The number of anilines is 1. The third kappa shape index (κ3) is 3.29. The zero-order valence-corrected chi connectivity index (χ0v) is 10.8. The number of amides is 1. The van der Waals surface area contributed by atoms with Crippen molar-refractivity contribution < 1.29 is 9.18 Å². The summed E-state index contributed by atoms with van der Waals surface area (Å²) in [7, 11) is 0. The number of hydrogen-bond donors (Lipinski definition) is 2. The van der Waals surface area contributed by atoms with Gasteiger partial charge in [-0.25, -0.2) is 4.39 Å². The molecule has 0 radical (unpaired) electrons. The highest BCUT2D eigenvalue weighted by Gasteiger charge is 2.24. The Bertz CT molecular complexity index is 427. The van der Waals surface area contributed by atoms with Crippen LogP contribution in [0.25, 0.3) is 0 Å². The van der Waals surface area contributed by atoms with E-state index < -0.39 is 0 Å². The first-order valence-electron chi connectivity index (χ1n) is 6.36. The highest BCUT2D eigenvalue weighted by Crippen LogP contribution is 2.19. The summed E-state index contributed by atoms with van der Waals surface area (Å²) in [5, 5.41) is 6.12. The number of halogens is 1. The molecule has 1 aromatic rings. The number of carbonyl (C=O) groups excluding carboxylic acids is 1. The summed E-state index contributed by atoms with van der Waals surface area (Å²) in [6.45, 7) is 4.75. The lowest BCUT2D eigenvalue weighted by Crippen LogP contribution is -2.40. The van der Waals surface area contributed by atoms with E-state index in [2.05, 4.69) is 17.6 Å². The predicted octanol–water partition coefficient (Wildman–Crippen LogP) is 2.46. The molecule has 0 aromatic heterocycles. The highest BCUT2D eigenvalue weighted by atomic mass is 19.1. The molecule has 18 heavy (non-hydrogen) atoms. The van der Waals surface area contributed by atoms with Crippen LogP contribution in [0.5, 0.6) is 0 Å². The molecule has 0 spiro atoms. The number of carbonyl (C=O) groups is 1. The van der Waals surface area contributed by atoms with Crippen LogP contribution in [0.2, 0.25) is 0 Å². The van der Waals surface area contributed by atoms with Crippen molar-refractivity contribution in [3.63, 3.8) is 0 Å². The van der Waals surface area contributed by atoms with E-state index in [-0.39, 0.29) is 17.6 Å². The summed E-state index contributed by atoms with van der Waals surface area (Å²) in [6.07, 6.45) is 1.67. The van der Waals surface area contributed by atoms with Crippen molar-refractivity contribution in [2.24, 2.45) is 5.92 Å². The van der Waals surface area contributed by atoms with E-state index >= 15 is 0 Å². The van der Waals surface area contributed by atoms with Gasteiger partial charge in [0.25, 0.3) is 0 Å². The van der Waals surface area contributed by atoms with Crippen LogP contribution in [0.4, 0.5) is 10.1 Å². The second-order valence-electron chi connectivity index (χ2n) is 5.08. The van der Waals surface area contributed by atoms with E-state index in [4.69, 9.17) is 0 Å². The van der Waals surface area contributed by atoms with Crippen molar-refractivity contribution in [3.8, 4) is 0 Å². The fourth-order valence-corrected chi connectivity index (χ4v) is 2.42. The van der Waals surface area contributed by atoms with Gasteiger partial charge < -0.3 is 10.6 Å². The van der Waals surface area contributed by atoms with Gasteiger partial charge in [-0.1, -0.05) is 0 Å². The van der Waals surface area contributed by atoms with E-state index in [9.17, 15) is 9.18 Å². The molecule has 98 valence electrons. The Morgan fingerprint density at radius 1 is 1.44 bits per heavy atom. The number of nitrogens with one attached hydrogen (secondary N) is 2. The Morgan fingerprint density at radius 2 is 2.22 bits per heavy atom. The fraction of sp³-hybridized carbons (Fsp3) is 0.500. The zero-order chi connectivity index (χ0) is 13.1. The van der Waals surface area contributed by atoms with Gasteiger partial charge in [-0.3, -0.25) is 4.79 Å². The highest BCUT2D eigenvalue weighted by molar-refractivity contribution is 5.92. The first kappa shape index (κ1) is 13.0. The molecule has 4 heteroatoms.